The van der Waals surface area contributed by atoms with Gasteiger partial charge in [-0.05, 0) is 24.6 Å². The normalized spacial score (nSPS) is 10.7. The van der Waals surface area contributed by atoms with Crippen LogP contribution in [0.2, 0.25) is 0 Å². The average molecular weight is 264 g/mol. The molecule has 20 heavy (non-hydrogen) atoms. The Morgan fingerprint density at radius 2 is 1.50 bits per heavy atom. The summed E-state index contributed by atoms with van der Waals surface area (Å²) in [5.41, 5.74) is 3.08. The third-order valence-electron chi connectivity index (χ3n) is 3.34. The molecule has 100 valence electrons. The van der Waals surface area contributed by atoms with E-state index in [9.17, 15) is 4.79 Å². The van der Waals surface area contributed by atoms with Crippen LogP contribution in [0.1, 0.15) is 11.3 Å². The zero-order valence-electron chi connectivity index (χ0n) is 11.4. The van der Waals surface area contributed by atoms with E-state index in [4.69, 9.17) is 0 Å². The molecule has 2 aromatic carbocycles. The van der Waals surface area contributed by atoms with Crippen LogP contribution in [0.3, 0.4) is 0 Å². The van der Waals surface area contributed by atoms with E-state index >= 15 is 0 Å². The Labute approximate surface area is 117 Å². The number of aryl methyl sites for hydroxylation is 1. The molecule has 0 spiro atoms. The Morgan fingerprint density at radius 3 is 2.15 bits per heavy atom. The van der Waals surface area contributed by atoms with Gasteiger partial charge >= 0.3 is 0 Å². The summed E-state index contributed by atoms with van der Waals surface area (Å²) in [7, 11) is 0. The van der Waals surface area contributed by atoms with Crippen molar-refractivity contribution >= 4 is 0 Å². The molecular weight excluding hydrogens is 248 g/mol. The van der Waals surface area contributed by atoms with Gasteiger partial charge in [-0.2, -0.15) is 0 Å². The molecular formula is C17H16N2O. The first-order valence-corrected chi connectivity index (χ1v) is 6.64. The lowest BCUT2D eigenvalue weighted by molar-refractivity contribution is 0.577. The molecule has 0 saturated heterocycles. The fraction of sp³-hybridized carbons (Fsp3) is 0.118. The lowest BCUT2D eigenvalue weighted by atomic mass is 10.2. The molecule has 0 atom stereocenters. The van der Waals surface area contributed by atoms with E-state index in [0.717, 1.165) is 16.9 Å². The number of hydrogen-bond donors (Lipinski definition) is 0. The minimum Gasteiger partial charge on any atom is -0.268 e. The number of nitrogens with zero attached hydrogens (tertiary/aromatic N) is 2. The molecule has 3 rings (SSSR count). The van der Waals surface area contributed by atoms with Gasteiger partial charge in [0, 0.05) is 11.8 Å². The average Bonchev–Trinajstić information content (AvgIpc) is 2.75. The maximum absolute atomic E-state index is 12.2. The van der Waals surface area contributed by atoms with Gasteiger partial charge in [0.05, 0.1) is 12.2 Å². The summed E-state index contributed by atoms with van der Waals surface area (Å²) in [6, 6.07) is 21.6. The van der Waals surface area contributed by atoms with Crippen molar-refractivity contribution in [2.75, 3.05) is 0 Å². The van der Waals surface area contributed by atoms with Crippen LogP contribution in [0.5, 0.6) is 0 Å². The number of benzene rings is 2. The van der Waals surface area contributed by atoms with Crippen molar-refractivity contribution in [1.82, 2.24) is 9.36 Å². The topological polar surface area (TPSA) is 26.9 Å². The Morgan fingerprint density at radius 1 is 0.900 bits per heavy atom. The third-order valence-corrected chi connectivity index (χ3v) is 3.34. The molecule has 0 saturated carbocycles. The van der Waals surface area contributed by atoms with Crippen molar-refractivity contribution < 1.29 is 0 Å². The fourth-order valence-electron chi connectivity index (χ4n) is 2.42. The van der Waals surface area contributed by atoms with E-state index in [1.54, 1.807) is 10.7 Å². The molecule has 0 N–H and O–H groups in total. The van der Waals surface area contributed by atoms with E-state index in [0.29, 0.717) is 6.54 Å². The Balaban J connectivity index is 2.10. The highest BCUT2D eigenvalue weighted by Gasteiger charge is 2.09. The summed E-state index contributed by atoms with van der Waals surface area (Å²) in [6.45, 7) is 2.53. The largest absolute Gasteiger partial charge is 0.268 e. The Bertz CT molecular complexity index is 755. The van der Waals surface area contributed by atoms with Gasteiger partial charge in [-0.25, -0.2) is 4.68 Å². The second-order valence-corrected chi connectivity index (χ2v) is 4.81. The number of para-hydroxylation sites is 1. The van der Waals surface area contributed by atoms with Crippen molar-refractivity contribution in [3.8, 4) is 5.69 Å². The SMILES string of the molecule is Cc1cc(=O)n(Cc2ccccc2)n1-c1ccccc1. The standard InChI is InChI=1S/C17H16N2O/c1-14-12-17(20)18(13-15-8-4-2-5-9-15)19(14)16-10-6-3-7-11-16/h2-12H,13H2,1H3. The van der Waals surface area contributed by atoms with E-state index < -0.39 is 0 Å². The number of aromatic nitrogens is 2. The molecule has 0 bridgehead atoms. The molecule has 3 heteroatoms. The summed E-state index contributed by atoms with van der Waals surface area (Å²) in [5, 5.41) is 0. The zero-order valence-corrected chi connectivity index (χ0v) is 11.4. The predicted molar refractivity (Wildman–Crippen MR) is 80.3 cm³/mol. The first-order valence-electron chi connectivity index (χ1n) is 6.64. The van der Waals surface area contributed by atoms with Crippen molar-refractivity contribution in [2.24, 2.45) is 0 Å². The first kappa shape index (κ1) is 12.5. The molecule has 0 aliphatic rings. The maximum atomic E-state index is 12.2. The van der Waals surface area contributed by atoms with Crippen LogP contribution in [-0.2, 0) is 6.54 Å². The highest BCUT2D eigenvalue weighted by atomic mass is 16.1. The molecule has 0 amide bonds. The van der Waals surface area contributed by atoms with Crippen molar-refractivity contribution in [3.05, 3.63) is 88.3 Å². The van der Waals surface area contributed by atoms with Crippen LogP contribution in [0.25, 0.3) is 5.69 Å². The van der Waals surface area contributed by atoms with Crippen molar-refractivity contribution in [3.63, 3.8) is 0 Å². The molecule has 0 aliphatic heterocycles. The molecule has 3 aromatic rings. The zero-order chi connectivity index (χ0) is 13.9. The molecule has 3 nitrogen and oxygen atoms in total. The molecule has 0 fully saturated rings. The number of rotatable bonds is 3. The van der Waals surface area contributed by atoms with Crippen molar-refractivity contribution in [2.45, 2.75) is 13.5 Å². The summed E-state index contributed by atoms with van der Waals surface area (Å²) in [6.07, 6.45) is 0. The monoisotopic (exact) mass is 264 g/mol. The van der Waals surface area contributed by atoms with Gasteiger partial charge in [0.25, 0.3) is 5.56 Å². The smallest absolute Gasteiger partial charge is 0.267 e. The number of hydrogen-bond acceptors (Lipinski definition) is 1. The van der Waals surface area contributed by atoms with Crippen LogP contribution in [0.4, 0.5) is 0 Å². The minimum absolute atomic E-state index is 0.0233. The van der Waals surface area contributed by atoms with Crippen LogP contribution >= 0.6 is 0 Å². The van der Waals surface area contributed by atoms with E-state index in [1.165, 1.54) is 0 Å². The Hall–Kier alpha value is -2.55. The third kappa shape index (κ3) is 2.30. The second kappa shape index (κ2) is 5.21. The van der Waals surface area contributed by atoms with Gasteiger partial charge in [-0.3, -0.25) is 9.48 Å². The predicted octanol–water partition coefficient (Wildman–Crippen LogP) is 3.00. The minimum atomic E-state index is 0.0233. The van der Waals surface area contributed by atoms with Gasteiger partial charge in [-0.1, -0.05) is 48.5 Å². The van der Waals surface area contributed by atoms with E-state index in [1.807, 2.05) is 72.3 Å². The maximum Gasteiger partial charge on any atom is 0.267 e. The second-order valence-electron chi connectivity index (χ2n) is 4.81. The summed E-state index contributed by atoms with van der Waals surface area (Å²) < 4.78 is 3.73. The summed E-state index contributed by atoms with van der Waals surface area (Å²) in [5.74, 6) is 0. The first-order chi connectivity index (χ1) is 9.75. The van der Waals surface area contributed by atoms with Crippen LogP contribution in [-0.4, -0.2) is 9.36 Å². The molecule has 0 aliphatic carbocycles. The quantitative estimate of drug-likeness (QED) is 0.714. The molecule has 0 unspecified atom stereocenters. The lowest BCUT2D eigenvalue weighted by Gasteiger charge is -2.13. The van der Waals surface area contributed by atoms with Crippen LogP contribution in [0, 0.1) is 6.92 Å². The molecule has 1 heterocycles. The van der Waals surface area contributed by atoms with Crippen molar-refractivity contribution in [1.29, 1.82) is 0 Å². The van der Waals surface area contributed by atoms with Crippen LogP contribution in [0.15, 0.2) is 71.5 Å². The van der Waals surface area contributed by atoms with E-state index in [2.05, 4.69) is 0 Å². The Kier molecular flexibility index (Phi) is 3.25. The van der Waals surface area contributed by atoms with E-state index in [-0.39, 0.29) is 5.56 Å². The van der Waals surface area contributed by atoms with Gasteiger partial charge in [-0.15, -0.1) is 0 Å². The summed E-state index contributed by atoms with van der Waals surface area (Å²) >= 11 is 0. The lowest BCUT2D eigenvalue weighted by Crippen LogP contribution is -2.22. The van der Waals surface area contributed by atoms with Gasteiger partial charge < -0.3 is 0 Å². The van der Waals surface area contributed by atoms with Crippen LogP contribution < -0.4 is 5.56 Å². The molecule has 0 radical (unpaired) electrons. The summed E-state index contributed by atoms with van der Waals surface area (Å²) in [4.78, 5) is 12.2. The highest BCUT2D eigenvalue weighted by molar-refractivity contribution is 5.32. The van der Waals surface area contributed by atoms with Gasteiger partial charge in [0.2, 0.25) is 0 Å². The fourth-order valence-corrected chi connectivity index (χ4v) is 2.42. The van der Waals surface area contributed by atoms with Gasteiger partial charge in [0.1, 0.15) is 0 Å². The highest BCUT2D eigenvalue weighted by Crippen LogP contribution is 2.11. The van der Waals surface area contributed by atoms with Gasteiger partial charge in [0.15, 0.2) is 0 Å². The molecule has 1 aromatic heterocycles.